The molecule has 0 aromatic rings. The van der Waals surface area contributed by atoms with Gasteiger partial charge in [-0.3, -0.25) is 4.79 Å². The van der Waals surface area contributed by atoms with Crippen LogP contribution in [-0.2, 0) is 14.6 Å². The highest BCUT2D eigenvalue weighted by Gasteiger charge is 2.28. The summed E-state index contributed by atoms with van der Waals surface area (Å²) in [7, 11) is -0.845. The lowest BCUT2D eigenvalue weighted by atomic mass is 10.0. The monoisotopic (exact) mass is 274 g/mol. The number of piperazine rings is 1. The molecular formula is C12H22N2O3S. The van der Waals surface area contributed by atoms with Gasteiger partial charge in [-0.05, 0) is 25.8 Å². The number of amides is 1. The number of nitrogens with zero attached hydrogens (tertiary/aromatic N) is 2. The van der Waals surface area contributed by atoms with Crippen LogP contribution in [0.4, 0.5) is 0 Å². The van der Waals surface area contributed by atoms with Gasteiger partial charge >= 0.3 is 0 Å². The fourth-order valence-electron chi connectivity index (χ4n) is 2.71. The van der Waals surface area contributed by atoms with Gasteiger partial charge in [0.25, 0.3) is 0 Å². The minimum absolute atomic E-state index is 0.0379. The summed E-state index contributed by atoms with van der Waals surface area (Å²) in [4.78, 5) is 16.2. The van der Waals surface area contributed by atoms with Crippen LogP contribution in [0.2, 0.25) is 0 Å². The molecule has 5 nitrogen and oxygen atoms in total. The van der Waals surface area contributed by atoms with Gasteiger partial charge in [0.1, 0.15) is 0 Å². The summed E-state index contributed by atoms with van der Waals surface area (Å²) in [6, 6.07) is 0. The third-order valence-electron chi connectivity index (χ3n) is 3.88. The minimum Gasteiger partial charge on any atom is -0.340 e. The summed E-state index contributed by atoms with van der Waals surface area (Å²) in [5, 5.41) is 0. The largest absolute Gasteiger partial charge is 0.340 e. The highest BCUT2D eigenvalue weighted by Crippen LogP contribution is 2.22. The van der Waals surface area contributed by atoms with Gasteiger partial charge in [0.05, 0.1) is 11.5 Å². The van der Waals surface area contributed by atoms with E-state index in [1.165, 1.54) is 0 Å². The van der Waals surface area contributed by atoms with Crippen molar-refractivity contribution in [2.75, 3.05) is 44.7 Å². The normalized spacial score (nSPS) is 29.2. The summed E-state index contributed by atoms with van der Waals surface area (Å²) in [5.41, 5.74) is 0. The van der Waals surface area contributed by atoms with E-state index in [4.69, 9.17) is 0 Å². The van der Waals surface area contributed by atoms with Crippen molar-refractivity contribution < 1.29 is 13.2 Å². The van der Waals surface area contributed by atoms with Gasteiger partial charge in [-0.25, -0.2) is 8.42 Å². The number of carbonyl (C=O) groups excluding carboxylic acids is 1. The number of likely N-dealkylation sites (N-methyl/N-ethyl adjacent to an activating group) is 1. The second-order valence-electron chi connectivity index (χ2n) is 5.51. The van der Waals surface area contributed by atoms with Gasteiger partial charge in [-0.2, -0.15) is 0 Å². The molecule has 2 heterocycles. The summed E-state index contributed by atoms with van der Waals surface area (Å²) in [6.45, 7) is 3.37. The highest BCUT2D eigenvalue weighted by atomic mass is 32.2. The van der Waals surface area contributed by atoms with Crippen LogP contribution in [0.25, 0.3) is 0 Å². The quantitative estimate of drug-likeness (QED) is 0.710. The van der Waals surface area contributed by atoms with Gasteiger partial charge in [-0.15, -0.1) is 0 Å². The molecule has 104 valence electrons. The average molecular weight is 274 g/mol. The van der Waals surface area contributed by atoms with Crippen LogP contribution < -0.4 is 0 Å². The van der Waals surface area contributed by atoms with Crippen LogP contribution in [0.1, 0.15) is 19.3 Å². The Morgan fingerprint density at radius 1 is 1.22 bits per heavy atom. The van der Waals surface area contributed by atoms with Crippen molar-refractivity contribution in [2.45, 2.75) is 19.3 Å². The fraction of sp³-hybridized carbons (Fsp3) is 0.917. The predicted molar refractivity (Wildman–Crippen MR) is 70.1 cm³/mol. The van der Waals surface area contributed by atoms with Gasteiger partial charge < -0.3 is 9.80 Å². The van der Waals surface area contributed by atoms with Crippen LogP contribution in [0.15, 0.2) is 0 Å². The predicted octanol–water partition coefficient (Wildman–Crippen LogP) is -0.0247. The van der Waals surface area contributed by atoms with Crippen molar-refractivity contribution in [1.29, 1.82) is 0 Å². The lowest BCUT2D eigenvalue weighted by Crippen LogP contribution is -2.47. The summed E-state index contributed by atoms with van der Waals surface area (Å²) < 4.78 is 23.1. The van der Waals surface area contributed by atoms with Crippen LogP contribution >= 0.6 is 0 Å². The number of carbonyl (C=O) groups is 1. The standard InChI is InChI=1S/C12H22N2O3S/c1-13-4-6-14(7-5-13)12(15)9-11-3-2-8-18(16,17)10-11/h11H,2-10H2,1H3. The first kappa shape index (κ1) is 13.8. The Hall–Kier alpha value is -0.620. The zero-order valence-corrected chi connectivity index (χ0v) is 11.8. The van der Waals surface area contributed by atoms with Crippen molar-refractivity contribution in [3.63, 3.8) is 0 Å². The van der Waals surface area contributed by atoms with Crippen LogP contribution in [0.5, 0.6) is 0 Å². The molecular weight excluding hydrogens is 252 g/mol. The maximum Gasteiger partial charge on any atom is 0.222 e. The molecule has 1 atom stereocenters. The van der Waals surface area contributed by atoms with Crippen LogP contribution in [0.3, 0.4) is 0 Å². The van der Waals surface area contributed by atoms with Crippen molar-refractivity contribution in [1.82, 2.24) is 9.80 Å². The molecule has 2 aliphatic rings. The van der Waals surface area contributed by atoms with Gasteiger partial charge in [0, 0.05) is 32.6 Å². The van der Waals surface area contributed by atoms with E-state index in [1.54, 1.807) is 0 Å². The lowest BCUT2D eigenvalue weighted by molar-refractivity contribution is -0.133. The van der Waals surface area contributed by atoms with E-state index in [1.807, 2.05) is 4.90 Å². The third kappa shape index (κ3) is 3.68. The van der Waals surface area contributed by atoms with E-state index >= 15 is 0 Å². The second kappa shape index (κ2) is 5.57. The van der Waals surface area contributed by atoms with E-state index < -0.39 is 9.84 Å². The van der Waals surface area contributed by atoms with E-state index in [2.05, 4.69) is 11.9 Å². The minimum atomic E-state index is -2.90. The Morgan fingerprint density at radius 2 is 1.89 bits per heavy atom. The first-order valence-electron chi connectivity index (χ1n) is 6.63. The fourth-order valence-corrected chi connectivity index (χ4v) is 4.49. The highest BCUT2D eigenvalue weighted by molar-refractivity contribution is 7.91. The first-order chi connectivity index (χ1) is 8.46. The van der Waals surface area contributed by atoms with E-state index in [0.717, 1.165) is 32.6 Å². The maximum atomic E-state index is 12.1. The summed E-state index contributed by atoms with van der Waals surface area (Å²) in [6.07, 6.45) is 1.99. The number of sulfone groups is 1. The SMILES string of the molecule is CN1CCN(C(=O)CC2CCCS(=O)(=O)C2)CC1. The zero-order chi connectivity index (χ0) is 13.2. The molecule has 18 heavy (non-hydrogen) atoms. The smallest absolute Gasteiger partial charge is 0.222 e. The second-order valence-corrected chi connectivity index (χ2v) is 7.74. The Morgan fingerprint density at radius 3 is 2.50 bits per heavy atom. The van der Waals surface area contributed by atoms with E-state index in [0.29, 0.717) is 18.6 Å². The first-order valence-corrected chi connectivity index (χ1v) is 8.45. The molecule has 0 aromatic carbocycles. The Kier molecular flexibility index (Phi) is 4.27. The molecule has 1 unspecified atom stereocenters. The molecule has 0 aliphatic carbocycles. The number of hydrogen-bond acceptors (Lipinski definition) is 4. The zero-order valence-electron chi connectivity index (χ0n) is 11.0. The van der Waals surface area contributed by atoms with E-state index in [-0.39, 0.29) is 17.6 Å². The lowest BCUT2D eigenvalue weighted by Gasteiger charge is -2.33. The molecule has 0 spiro atoms. The molecule has 0 bridgehead atoms. The van der Waals surface area contributed by atoms with Gasteiger partial charge in [0.2, 0.25) is 5.91 Å². The Labute approximate surface area is 109 Å². The van der Waals surface area contributed by atoms with Gasteiger partial charge in [0.15, 0.2) is 9.84 Å². The topological polar surface area (TPSA) is 57.7 Å². The summed E-state index contributed by atoms with van der Waals surface area (Å²) in [5.74, 6) is 0.666. The molecule has 0 N–H and O–H groups in total. The van der Waals surface area contributed by atoms with Crippen LogP contribution in [0, 0.1) is 5.92 Å². The van der Waals surface area contributed by atoms with E-state index in [9.17, 15) is 13.2 Å². The molecule has 2 rings (SSSR count). The van der Waals surface area contributed by atoms with Crippen molar-refractivity contribution in [3.8, 4) is 0 Å². The maximum absolute atomic E-state index is 12.1. The average Bonchev–Trinajstić information content (AvgIpc) is 2.28. The molecule has 6 heteroatoms. The summed E-state index contributed by atoms with van der Waals surface area (Å²) >= 11 is 0. The number of rotatable bonds is 2. The molecule has 0 saturated carbocycles. The molecule has 2 fully saturated rings. The van der Waals surface area contributed by atoms with Crippen LogP contribution in [-0.4, -0.2) is 68.9 Å². The molecule has 0 aromatic heterocycles. The Balaban J connectivity index is 1.84. The third-order valence-corrected chi connectivity index (χ3v) is 5.77. The van der Waals surface area contributed by atoms with Gasteiger partial charge in [-0.1, -0.05) is 0 Å². The molecule has 0 radical (unpaired) electrons. The Bertz CT molecular complexity index is 400. The molecule has 2 saturated heterocycles. The van der Waals surface area contributed by atoms with Crippen molar-refractivity contribution in [2.24, 2.45) is 5.92 Å². The van der Waals surface area contributed by atoms with Crippen molar-refractivity contribution >= 4 is 15.7 Å². The number of hydrogen-bond donors (Lipinski definition) is 0. The van der Waals surface area contributed by atoms with Crippen molar-refractivity contribution in [3.05, 3.63) is 0 Å². The molecule has 2 aliphatic heterocycles. The molecule has 1 amide bonds.